The number of unbranched alkanes of at least 4 members (excludes halogenated alkanes) is 4. The van der Waals surface area contributed by atoms with Crippen LogP contribution in [0.1, 0.15) is 99.8 Å². The first kappa shape index (κ1) is 30.1. The molecule has 0 aliphatic rings. The van der Waals surface area contributed by atoms with Crippen LogP contribution in [0.2, 0.25) is 0 Å². The van der Waals surface area contributed by atoms with Gasteiger partial charge in [0.05, 0.1) is 11.1 Å². The van der Waals surface area contributed by atoms with Gasteiger partial charge in [0.1, 0.15) is 13.2 Å². The molecule has 1 rings (SSSR count). The van der Waals surface area contributed by atoms with Crippen molar-refractivity contribution in [2.45, 2.75) is 79.1 Å². The minimum Gasteiger partial charge on any atom is -0.461 e. The van der Waals surface area contributed by atoms with E-state index in [2.05, 4.69) is 37.5 Å². The van der Waals surface area contributed by atoms with Crippen LogP contribution in [0.4, 0.5) is 0 Å². The van der Waals surface area contributed by atoms with Gasteiger partial charge in [-0.3, -0.25) is 9.80 Å². The van der Waals surface area contributed by atoms with Crippen molar-refractivity contribution in [2.24, 2.45) is 0 Å². The SMILES string of the molecule is CCCCN(CCCC)CCOC(=O)c1ccccc1C(=O)OCCN(CCCC)CCCC. The van der Waals surface area contributed by atoms with Gasteiger partial charge in [-0.2, -0.15) is 0 Å². The summed E-state index contributed by atoms with van der Waals surface area (Å²) in [5.74, 6) is -0.933. The summed E-state index contributed by atoms with van der Waals surface area (Å²) in [4.78, 5) is 30.2. The van der Waals surface area contributed by atoms with Crippen LogP contribution in [0.25, 0.3) is 0 Å². The normalized spacial score (nSPS) is 11.2. The molecule has 0 saturated carbocycles. The van der Waals surface area contributed by atoms with Crippen LogP contribution in [-0.2, 0) is 9.47 Å². The predicted molar refractivity (Wildman–Crippen MR) is 140 cm³/mol. The van der Waals surface area contributed by atoms with Gasteiger partial charge in [0.15, 0.2) is 0 Å². The smallest absolute Gasteiger partial charge is 0.339 e. The highest BCUT2D eigenvalue weighted by molar-refractivity contribution is 6.03. The number of rotatable bonds is 20. The Morgan fingerprint density at radius 1 is 0.588 bits per heavy atom. The number of benzene rings is 1. The van der Waals surface area contributed by atoms with Crippen LogP contribution >= 0.6 is 0 Å². The molecule has 0 aliphatic carbocycles. The van der Waals surface area contributed by atoms with Crippen molar-refractivity contribution in [3.63, 3.8) is 0 Å². The highest BCUT2D eigenvalue weighted by Crippen LogP contribution is 2.13. The Bertz CT molecular complexity index is 607. The number of carbonyl (C=O) groups excluding carboxylic acids is 2. The van der Waals surface area contributed by atoms with E-state index >= 15 is 0 Å². The zero-order valence-corrected chi connectivity index (χ0v) is 22.2. The maximum Gasteiger partial charge on any atom is 0.339 e. The van der Waals surface area contributed by atoms with E-state index in [1.807, 2.05) is 0 Å². The van der Waals surface area contributed by atoms with E-state index in [4.69, 9.17) is 9.47 Å². The van der Waals surface area contributed by atoms with E-state index in [9.17, 15) is 9.59 Å². The zero-order valence-electron chi connectivity index (χ0n) is 22.2. The summed E-state index contributed by atoms with van der Waals surface area (Å²) in [7, 11) is 0. The van der Waals surface area contributed by atoms with Crippen LogP contribution in [0, 0.1) is 0 Å². The fraction of sp³-hybridized carbons (Fsp3) is 0.714. The van der Waals surface area contributed by atoms with E-state index in [1.165, 1.54) is 0 Å². The molecule has 194 valence electrons. The monoisotopic (exact) mass is 476 g/mol. The van der Waals surface area contributed by atoms with E-state index < -0.39 is 11.9 Å². The van der Waals surface area contributed by atoms with E-state index in [-0.39, 0.29) is 11.1 Å². The second-order valence-electron chi connectivity index (χ2n) is 8.91. The fourth-order valence-electron chi connectivity index (χ4n) is 3.73. The lowest BCUT2D eigenvalue weighted by atomic mass is 10.1. The Hall–Kier alpha value is -1.92. The van der Waals surface area contributed by atoms with Gasteiger partial charge in [0.25, 0.3) is 0 Å². The molecule has 0 heterocycles. The molecule has 0 aliphatic heterocycles. The van der Waals surface area contributed by atoms with Gasteiger partial charge in [-0.1, -0.05) is 65.5 Å². The zero-order chi connectivity index (χ0) is 25.0. The summed E-state index contributed by atoms with van der Waals surface area (Å²) in [6.07, 6.45) is 9.14. The minimum absolute atomic E-state index is 0.273. The van der Waals surface area contributed by atoms with Gasteiger partial charge in [0.2, 0.25) is 0 Å². The molecular weight excluding hydrogens is 428 g/mol. The van der Waals surface area contributed by atoms with Crippen molar-refractivity contribution in [3.05, 3.63) is 35.4 Å². The summed E-state index contributed by atoms with van der Waals surface area (Å²) in [5, 5.41) is 0. The van der Waals surface area contributed by atoms with Crippen molar-refractivity contribution in [1.82, 2.24) is 9.80 Å². The lowest BCUT2D eigenvalue weighted by Gasteiger charge is -2.22. The maximum absolute atomic E-state index is 12.7. The van der Waals surface area contributed by atoms with E-state index in [0.717, 1.165) is 77.5 Å². The molecule has 0 N–H and O–H groups in total. The minimum atomic E-state index is -0.467. The van der Waals surface area contributed by atoms with Crippen molar-refractivity contribution < 1.29 is 19.1 Å². The van der Waals surface area contributed by atoms with Crippen LogP contribution in [0.5, 0.6) is 0 Å². The molecule has 0 saturated heterocycles. The molecule has 0 unspecified atom stereocenters. The number of carbonyl (C=O) groups is 2. The number of ether oxygens (including phenoxy) is 2. The lowest BCUT2D eigenvalue weighted by Crippen LogP contribution is -2.31. The Labute approximate surface area is 208 Å². The average Bonchev–Trinajstić information content (AvgIpc) is 2.86. The Morgan fingerprint density at radius 2 is 0.912 bits per heavy atom. The molecule has 0 aromatic heterocycles. The molecule has 0 spiro atoms. The molecule has 34 heavy (non-hydrogen) atoms. The van der Waals surface area contributed by atoms with Gasteiger partial charge in [0, 0.05) is 13.1 Å². The van der Waals surface area contributed by atoms with Crippen LogP contribution in [-0.4, -0.2) is 74.2 Å². The first-order valence-corrected chi connectivity index (χ1v) is 13.4. The van der Waals surface area contributed by atoms with Gasteiger partial charge in [-0.05, 0) is 64.0 Å². The summed E-state index contributed by atoms with van der Waals surface area (Å²) < 4.78 is 11.1. The third-order valence-corrected chi connectivity index (χ3v) is 5.96. The highest BCUT2D eigenvalue weighted by Gasteiger charge is 2.19. The number of hydrogen-bond acceptors (Lipinski definition) is 6. The molecular formula is C28H48N2O4. The molecule has 0 radical (unpaired) electrons. The summed E-state index contributed by atoms with van der Waals surface area (Å²) in [6, 6.07) is 6.78. The van der Waals surface area contributed by atoms with Gasteiger partial charge in [-0.15, -0.1) is 0 Å². The fourth-order valence-corrected chi connectivity index (χ4v) is 3.73. The highest BCUT2D eigenvalue weighted by atomic mass is 16.5. The maximum atomic E-state index is 12.7. The summed E-state index contributed by atoms with van der Waals surface area (Å²) in [5.41, 5.74) is 0.546. The molecule has 6 nitrogen and oxygen atoms in total. The number of nitrogens with zero attached hydrogens (tertiary/aromatic N) is 2. The van der Waals surface area contributed by atoms with Crippen molar-refractivity contribution in [3.8, 4) is 0 Å². The second-order valence-corrected chi connectivity index (χ2v) is 8.91. The van der Waals surface area contributed by atoms with Gasteiger partial charge < -0.3 is 9.47 Å². The van der Waals surface area contributed by atoms with Gasteiger partial charge >= 0.3 is 11.9 Å². The molecule has 0 bridgehead atoms. The Morgan fingerprint density at radius 3 is 1.21 bits per heavy atom. The van der Waals surface area contributed by atoms with E-state index in [0.29, 0.717) is 26.3 Å². The third kappa shape index (κ3) is 12.5. The molecule has 6 heteroatoms. The third-order valence-electron chi connectivity index (χ3n) is 5.96. The quantitative estimate of drug-likeness (QED) is 0.222. The molecule has 0 amide bonds. The number of esters is 2. The van der Waals surface area contributed by atoms with Crippen molar-refractivity contribution >= 4 is 11.9 Å². The molecule has 0 fully saturated rings. The van der Waals surface area contributed by atoms with Crippen LogP contribution < -0.4 is 0 Å². The van der Waals surface area contributed by atoms with E-state index in [1.54, 1.807) is 24.3 Å². The molecule has 1 aromatic carbocycles. The summed E-state index contributed by atoms with van der Waals surface area (Å²) in [6.45, 7) is 14.9. The lowest BCUT2D eigenvalue weighted by molar-refractivity contribution is 0.0414. The van der Waals surface area contributed by atoms with Gasteiger partial charge in [-0.25, -0.2) is 9.59 Å². The molecule has 0 atom stereocenters. The predicted octanol–water partition coefficient (Wildman–Crippen LogP) is 5.80. The standard InChI is InChI=1S/C28H48N2O4/c1-5-9-17-29(18-10-6-2)21-23-33-27(31)25-15-13-14-16-26(25)28(32)34-24-22-30(19-11-7-3)20-12-8-4/h13-16H,5-12,17-24H2,1-4H3. The van der Waals surface area contributed by atoms with Crippen molar-refractivity contribution in [1.29, 1.82) is 0 Å². The average molecular weight is 477 g/mol. The topological polar surface area (TPSA) is 59.1 Å². The first-order chi connectivity index (χ1) is 16.6. The Balaban J connectivity index is 2.60. The molecule has 1 aromatic rings. The van der Waals surface area contributed by atoms with Crippen LogP contribution in [0.15, 0.2) is 24.3 Å². The largest absolute Gasteiger partial charge is 0.461 e. The second kappa shape index (κ2) is 19.4. The summed E-state index contributed by atoms with van der Waals surface area (Å²) >= 11 is 0. The first-order valence-electron chi connectivity index (χ1n) is 13.4. The van der Waals surface area contributed by atoms with Crippen LogP contribution in [0.3, 0.4) is 0 Å². The number of hydrogen-bond donors (Lipinski definition) is 0. The van der Waals surface area contributed by atoms with Crippen molar-refractivity contribution in [2.75, 3.05) is 52.5 Å². The Kier molecular flexibility index (Phi) is 17.2.